The van der Waals surface area contributed by atoms with Crippen LogP contribution in [0.3, 0.4) is 0 Å². The normalized spacial score (nSPS) is 12.2. The van der Waals surface area contributed by atoms with E-state index in [2.05, 4.69) is 4.98 Å². The molecular formula is C15H18N2O2. The minimum absolute atomic E-state index is 0.0387. The third kappa shape index (κ3) is 3.53. The second-order valence-corrected chi connectivity index (χ2v) is 4.40. The van der Waals surface area contributed by atoms with E-state index in [-0.39, 0.29) is 12.6 Å². The number of pyridine rings is 1. The van der Waals surface area contributed by atoms with E-state index in [4.69, 9.17) is 15.6 Å². The standard InChI is InChI=1S/C15H18N2O2/c1-11(16)13-6-7-15(17-10-13)19-14-5-3-2-4-12(14)8-9-18/h2-7,10-11,18H,8-9,16H2,1H3/t11-/m1/s1. The van der Waals surface area contributed by atoms with Crippen molar-refractivity contribution in [3.05, 3.63) is 53.7 Å². The summed E-state index contributed by atoms with van der Waals surface area (Å²) >= 11 is 0. The van der Waals surface area contributed by atoms with Crippen LogP contribution in [0.4, 0.5) is 0 Å². The molecule has 2 rings (SSSR count). The van der Waals surface area contributed by atoms with Gasteiger partial charge in [-0.25, -0.2) is 4.98 Å². The van der Waals surface area contributed by atoms with Crippen molar-refractivity contribution >= 4 is 0 Å². The molecule has 0 aliphatic carbocycles. The Labute approximate surface area is 112 Å². The summed E-state index contributed by atoms with van der Waals surface area (Å²) in [6.07, 6.45) is 2.28. The highest BCUT2D eigenvalue weighted by atomic mass is 16.5. The molecule has 0 spiro atoms. The molecule has 0 unspecified atom stereocenters. The number of aliphatic hydroxyl groups excluding tert-OH is 1. The lowest BCUT2D eigenvalue weighted by molar-refractivity contribution is 0.297. The van der Waals surface area contributed by atoms with Crippen molar-refractivity contribution in [2.75, 3.05) is 6.61 Å². The molecule has 0 amide bonds. The van der Waals surface area contributed by atoms with Crippen LogP contribution in [0.2, 0.25) is 0 Å². The van der Waals surface area contributed by atoms with Crippen molar-refractivity contribution < 1.29 is 9.84 Å². The van der Waals surface area contributed by atoms with E-state index >= 15 is 0 Å². The lowest BCUT2D eigenvalue weighted by Gasteiger charge is -2.10. The molecule has 0 fully saturated rings. The first-order valence-corrected chi connectivity index (χ1v) is 6.29. The third-order valence-corrected chi connectivity index (χ3v) is 2.85. The Bertz CT molecular complexity index is 524. The van der Waals surface area contributed by atoms with E-state index < -0.39 is 0 Å². The van der Waals surface area contributed by atoms with Crippen LogP contribution in [0, 0.1) is 0 Å². The van der Waals surface area contributed by atoms with Crippen LogP contribution in [0.15, 0.2) is 42.6 Å². The van der Waals surface area contributed by atoms with E-state index in [0.717, 1.165) is 16.9 Å². The number of hydrogen-bond donors (Lipinski definition) is 2. The molecule has 0 bridgehead atoms. The van der Waals surface area contributed by atoms with Crippen molar-refractivity contribution in [1.82, 2.24) is 4.98 Å². The van der Waals surface area contributed by atoms with E-state index in [0.29, 0.717) is 12.3 Å². The minimum Gasteiger partial charge on any atom is -0.439 e. The summed E-state index contributed by atoms with van der Waals surface area (Å²) in [5, 5.41) is 9.02. The SMILES string of the molecule is C[C@@H](N)c1ccc(Oc2ccccc2CCO)nc1. The van der Waals surface area contributed by atoms with Gasteiger partial charge in [0, 0.05) is 24.9 Å². The number of ether oxygens (including phenoxy) is 1. The fourth-order valence-corrected chi connectivity index (χ4v) is 1.76. The van der Waals surface area contributed by atoms with Gasteiger partial charge in [-0.2, -0.15) is 0 Å². The molecule has 4 nitrogen and oxygen atoms in total. The van der Waals surface area contributed by atoms with Crippen molar-refractivity contribution in [2.24, 2.45) is 5.73 Å². The number of aliphatic hydroxyl groups is 1. The fraction of sp³-hybridized carbons (Fsp3) is 0.267. The lowest BCUT2D eigenvalue weighted by atomic mass is 10.1. The lowest BCUT2D eigenvalue weighted by Crippen LogP contribution is -2.05. The molecule has 100 valence electrons. The van der Waals surface area contributed by atoms with E-state index in [1.54, 1.807) is 12.3 Å². The van der Waals surface area contributed by atoms with Gasteiger partial charge in [0.25, 0.3) is 0 Å². The number of aromatic nitrogens is 1. The zero-order valence-corrected chi connectivity index (χ0v) is 10.9. The number of benzene rings is 1. The first-order chi connectivity index (χ1) is 9.20. The number of hydrogen-bond acceptors (Lipinski definition) is 4. The van der Waals surface area contributed by atoms with Crippen molar-refractivity contribution in [3.8, 4) is 11.6 Å². The van der Waals surface area contributed by atoms with Crippen LogP contribution >= 0.6 is 0 Å². The molecule has 3 N–H and O–H groups in total. The Morgan fingerprint density at radius 2 is 2.05 bits per heavy atom. The summed E-state index contributed by atoms with van der Waals surface area (Å²) in [4.78, 5) is 4.23. The predicted molar refractivity (Wildman–Crippen MR) is 74.1 cm³/mol. The summed E-state index contributed by atoms with van der Waals surface area (Å²) in [7, 11) is 0. The minimum atomic E-state index is -0.0387. The van der Waals surface area contributed by atoms with Crippen molar-refractivity contribution in [3.63, 3.8) is 0 Å². The van der Waals surface area contributed by atoms with Gasteiger partial charge in [-0.05, 0) is 30.5 Å². The highest BCUT2D eigenvalue weighted by molar-refractivity contribution is 5.36. The Morgan fingerprint density at radius 3 is 2.68 bits per heavy atom. The fourth-order valence-electron chi connectivity index (χ4n) is 1.76. The van der Waals surface area contributed by atoms with E-state index in [1.165, 1.54) is 0 Å². The van der Waals surface area contributed by atoms with E-state index in [1.807, 2.05) is 37.3 Å². The molecule has 0 saturated heterocycles. The van der Waals surface area contributed by atoms with Gasteiger partial charge in [0.05, 0.1) is 0 Å². The van der Waals surface area contributed by atoms with Gasteiger partial charge < -0.3 is 15.6 Å². The molecule has 1 aromatic carbocycles. The average molecular weight is 258 g/mol. The number of para-hydroxylation sites is 1. The maximum absolute atomic E-state index is 9.02. The maximum atomic E-state index is 9.02. The van der Waals surface area contributed by atoms with Crippen LogP contribution < -0.4 is 10.5 Å². The Hall–Kier alpha value is -1.91. The molecular weight excluding hydrogens is 240 g/mol. The number of rotatable bonds is 5. The number of nitrogens with zero attached hydrogens (tertiary/aromatic N) is 1. The van der Waals surface area contributed by atoms with Crippen LogP contribution in [0.25, 0.3) is 0 Å². The first kappa shape index (κ1) is 13.5. The smallest absolute Gasteiger partial charge is 0.219 e. The second kappa shape index (κ2) is 6.31. The summed E-state index contributed by atoms with van der Waals surface area (Å²) < 4.78 is 5.73. The molecule has 2 aromatic rings. The average Bonchev–Trinajstić information content (AvgIpc) is 2.42. The topological polar surface area (TPSA) is 68.4 Å². The highest BCUT2D eigenvalue weighted by Gasteiger charge is 2.05. The quantitative estimate of drug-likeness (QED) is 0.864. The molecule has 0 aliphatic rings. The van der Waals surface area contributed by atoms with Crippen LogP contribution in [0.5, 0.6) is 11.6 Å². The molecule has 1 aromatic heterocycles. The molecule has 4 heteroatoms. The molecule has 1 atom stereocenters. The van der Waals surface area contributed by atoms with Gasteiger partial charge in [-0.1, -0.05) is 24.3 Å². The van der Waals surface area contributed by atoms with Gasteiger partial charge in [0.1, 0.15) is 5.75 Å². The molecule has 0 aliphatic heterocycles. The predicted octanol–water partition coefficient (Wildman–Crippen LogP) is 2.43. The summed E-state index contributed by atoms with van der Waals surface area (Å²) in [6.45, 7) is 2.01. The summed E-state index contributed by atoms with van der Waals surface area (Å²) in [5.74, 6) is 1.24. The highest BCUT2D eigenvalue weighted by Crippen LogP contribution is 2.24. The first-order valence-electron chi connectivity index (χ1n) is 6.29. The van der Waals surface area contributed by atoms with Crippen LogP contribution in [-0.4, -0.2) is 16.7 Å². The largest absolute Gasteiger partial charge is 0.439 e. The Morgan fingerprint density at radius 1 is 1.26 bits per heavy atom. The van der Waals surface area contributed by atoms with Crippen LogP contribution in [-0.2, 0) is 6.42 Å². The zero-order valence-electron chi connectivity index (χ0n) is 10.9. The number of nitrogens with two attached hydrogens (primary N) is 1. The van der Waals surface area contributed by atoms with Gasteiger partial charge in [0.2, 0.25) is 5.88 Å². The van der Waals surface area contributed by atoms with Gasteiger partial charge >= 0.3 is 0 Å². The molecule has 0 saturated carbocycles. The maximum Gasteiger partial charge on any atom is 0.219 e. The van der Waals surface area contributed by atoms with E-state index in [9.17, 15) is 0 Å². The monoisotopic (exact) mass is 258 g/mol. The van der Waals surface area contributed by atoms with Crippen molar-refractivity contribution in [2.45, 2.75) is 19.4 Å². The molecule has 1 heterocycles. The van der Waals surface area contributed by atoms with Gasteiger partial charge in [-0.15, -0.1) is 0 Å². The third-order valence-electron chi connectivity index (χ3n) is 2.85. The summed E-state index contributed by atoms with van der Waals surface area (Å²) in [5.41, 5.74) is 7.70. The zero-order chi connectivity index (χ0) is 13.7. The second-order valence-electron chi connectivity index (χ2n) is 4.40. The van der Waals surface area contributed by atoms with Gasteiger partial charge in [-0.3, -0.25) is 0 Å². The Kier molecular flexibility index (Phi) is 4.49. The van der Waals surface area contributed by atoms with Crippen LogP contribution in [0.1, 0.15) is 24.1 Å². The van der Waals surface area contributed by atoms with Crippen molar-refractivity contribution in [1.29, 1.82) is 0 Å². The molecule has 19 heavy (non-hydrogen) atoms. The molecule has 0 radical (unpaired) electrons. The van der Waals surface area contributed by atoms with Gasteiger partial charge in [0.15, 0.2) is 0 Å². The summed E-state index contributed by atoms with van der Waals surface area (Å²) in [6, 6.07) is 11.3. The Balaban J connectivity index is 2.16.